The van der Waals surface area contributed by atoms with Gasteiger partial charge in [-0.15, -0.1) is 0 Å². The third-order valence-electron chi connectivity index (χ3n) is 4.24. The maximum atomic E-state index is 12.0. The Hall–Kier alpha value is -1.97. The first-order chi connectivity index (χ1) is 12.2. The van der Waals surface area contributed by atoms with E-state index in [0.717, 1.165) is 11.3 Å². The molecule has 0 saturated carbocycles. The second kappa shape index (κ2) is 9.11. The fourth-order valence-electron chi connectivity index (χ4n) is 2.80. The second-order valence-electron chi connectivity index (χ2n) is 6.47. The Morgan fingerprint density at radius 1 is 1.15 bits per heavy atom. The second-order valence-corrected chi connectivity index (χ2v) is 8.45. The van der Waals surface area contributed by atoms with E-state index in [0.29, 0.717) is 32.5 Å². The molecule has 0 aliphatic carbocycles. The van der Waals surface area contributed by atoms with Gasteiger partial charge in [-0.05, 0) is 30.5 Å². The normalized spacial score (nSPS) is 16.2. The van der Waals surface area contributed by atoms with Crippen LogP contribution >= 0.6 is 0 Å². The molecule has 0 aromatic heterocycles. The van der Waals surface area contributed by atoms with E-state index in [4.69, 9.17) is 0 Å². The highest BCUT2D eigenvalue weighted by Crippen LogP contribution is 2.13. The average Bonchev–Trinajstić information content (AvgIpc) is 2.58. The number of carbonyl (C=O) groups excluding carboxylic acids is 2. The highest BCUT2D eigenvalue weighted by atomic mass is 32.2. The van der Waals surface area contributed by atoms with Gasteiger partial charge in [0.25, 0.3) is 0 Å². The van der Waals surface area contributed by atoms with Gasteiger partial charge in [0.2, 0.25) is 21.8 Å². The maximum Gasteiger partial charge on any atom is 0.234 e. The monoisotopic (exact) mass is 382 g/mol. The summed E-state index contributed by atoms with van der Waals surface area (Å²) in [7, 11) is -3.13. The summed E-state index contributed by atoms with van der Waals surface area (Å²) >= 11 is 0. The lowest BCUT2D eigenvalue weighted by Gasteiger charge is -2.30. The van der Waals surface area contributed by atoms with Gasteiger partial charge in [-0.1, -0.05) is 12.1 Å². The predicted octanol–water partition coefficient (Wildman–Crippen LogP) is 0.275. The Labute approximate surface area is 154 Å². The molecule has 2 rings (SSSR count). The topological polar surface area (TPSA) is 108 Å². The first kappa shape index (κ1) is 20.3. The van der Waals surface area contributed by atoms with Crippen LogP contribution < -0.4 is 16.0 Å². The lowest BCUT2D eigenvalue weighted by Crippen LogP contribution is -2.46. The third kappa shape index (κ3) is 6.74. The van der Waals surface area contributed by atoms with Gasteiger partial charge in [-0.2, -0.15) is 0 Å². The van der Waals surface area contributed by atoms with Crippen molar-refractivity contribution in [1.29, 1.82) is 0 Å². The van der Waals surface area contributed by atoms with Crippen LogP contribution in [0.1, 0.15) is 25.3 Å². The van der Waals surface area contributed by atoms with E-state index in [1.165, 1.54) is 17.5 Å². The molecule has 1 aliphatic rings. The van der Waals surface area contributed by atoms with Gasteiger partial charge in [0.05, 0.1) is 12.8 Å². The molecule has 0 unspecified atom stereocenters. The maximum absolute atomic E-state index is 12.0. The fourth-order valence-corrected chi connectivity index (χ4v) is 3.68. The van der Waals surface area contributed by atoms with Crippen LogP contribution in [-0.4, -0.2) is 56.5 Å². The Bertz CT molecular complexity index is 726. The van der Waals surface area contributed by atoms with Gasteiger partial charge in [-0.3, -0.25) is 9.59 Å². The number of benzene rings is 1. The Morgan fingerprint density at radius 3 is 2.31 bits per heavy atom. The van der Waals surface area contributed by atoms with Crippen molar-refractivity contribution < 1.29 is 18.0 Å². The number of nitrogens with zero attached hydrogens (tertiary/aromatic N) is 1. The van der Waals surface area contributed by atoms with E-state index in [1.54, 1.807) is 12.1 Å². The number of sulfonamides is 1. The molecule has 26 heavy (non-hydrogen) atoms. The minimum atomic E-state index is -3.13. The summed E-state index contributed by atoms with van der Waals surface area (Å²) in [4.78, 5) is 22.9. The molecule has 9 heteroatoms. The van der Waals surface area contributed by atoms with E-state index < -0.39 is 10.0 Å². The Morgan fingerprint density at radius 2 is 1.77 bits per heavy atom. The largest absolute Gasteiger partial charge is 0.351 e. The predicted molar refractivity (Wildman–Crippen MR) is 100 cm³/mol. The van der Waals surface area contributed by atoms with Gasteiger partial charge in [-0.25, -0.2) is 12.7 Å². The quantitative estimate of drug-likeness (QED) is 0.628. The number of hydrogen-bond donors (Lipinski definition) is 3. The van der Waals surface area contributed by atoms with E-state index in [1.807, 2.05) is 12.1 Å². The minimum absolute atomic E-state index is 0.110. The van der Waals surface area contributed by atoms with Crippen LogP contribution in [0.4, 0.5) is 5.69 Å². The molecule has 1 heterocycles. The van der Waals surface area contributed by atoms with Crippen LogP contribution in [0, 0.1) is 0 Å². The van der Waals surface area contributed by atoms with Crippen molar-refractivity contribution >= 4 is 27.5 Å². The molecular weight excluding hydrogens is 356 g/mol. The highest BCUT2D eigenvalue weighted by molar-refractivity contribution is 7.88. The zero-order chi connectivity index (χ0) is 19.2. The van der Waals surface area contributed by atoms with Crippen LogP contribution in [0.3, 0.4) is 0 Å². The van der Waals surface area contributed by atoms with Crippen molar-refractivity contribution in [3.8, 4) is 0 Å². The Kier molecular flexibility index (Phi) is 7.13. The van der Waals surface area contributed by atoms with E-state index >= 15 is 0 Å². The molecular formula is C17H26N4O4S. The number of rotatable bonds is 7. The molecule has 144 valence electrons. The van der Waals surface area contributed by atoms with Crippen LogP contribution in [0.15, 0.2) is 24.3 Å². The zero-order valence-corrected chi connectivity index (χ0v) is 15.9. The molecule has 1 fully saturated rings. The smallest absolute Gasteiger partial charge is 0.234 e. The molecule has 3 N–H and O–H groups in total. The molecule has 0 spiro atoms. The van der Waals surface area contributed by atoms with Crippen molar-refractivity contribution in [2.75, 3.05) is 31.2 Å². The summed E-state index contributed by atoms with van der Waals surface area (Å²) < 4.78 is 24.4. The SMILES string of the molecule is CC(=O)Nc1ccc(CNC(=O)CNC2CCN(S(C)(=O)=O)CC2)cc1. The summed E-state index contributed by atoms with van der Waals surface area (Å²) in [5.74, 6) is -0.235. The number of anilines is 1. The summed E-state index contributed by atoms with van der Waals surface area (Å²) in [5.41, 5.74) is 1.66. The lowest BCUT2D eigenvalue weighted by atomic mass is 10.1. The molecule has 0 bridgehead atoms. The first-order valence-corrected chi connectivity index (χ1v) is 10.4. The molecule has 8 nitrogen and oxygen atoms in total. The highest BCUT2D eigenvalue weighted by Gasteiger charge is 2.24. The van der Waals surface area contributed by atoms with E-state index in [-0.39, 0.29) is 24.4 Å². The standard InChI is InChI=1S/C17H26N4O4S/c1-13(22)20-16-5-3-14(4-6-16)11-19-17(23)12-18-15-7-9-21(10-8-15)26(2,24)25/h3-6,15,18H,7-12H2,1-2H3,(H,19,23)(H,20,22). The van der Waals surface area contributed by atoms with Gasteiger partial charge >= 0.3 is 0 Å². The van der Waals surface area contributed by atoms with Gasteiger partial charge in [0, 0.05) is 38.3 Å². The average molecular weight is 382 g/mol. The number of hydrogen-bond acceptors (Lipinski definition) is 5. The fraction of sp³-hybridized carbons (Fsp3) is 0.529. The molecule has 0 atom stereocenters. The van der Waals surface area contributed by atoms with Crippen molar-refractivity contribution in [1.82, 2.24) is 14.9 Å². The van der Waals surface area contributed by atoms with Crippen LogP contribution in [0.5, 0.6) is 0 Å². The molecule has 1 aromatic carbocycles. The van der Waals surface area contributed by atoms with Gasteiger partial charge < -0.3 is 16.0 Å². The first-order valence-electron chi connectivity index (χ1n) is 8.56. The number of carbonyl (C=O) groups is 2. The molecule has 1 saturated heterocycles. The molecule has 1 aliphatic heterocycles. The molecule has 0 radical (unpaired) electrons. The summed E-state index contributed by atoms with van der Waals surface area (Å²) in [6.45, 7) is 3.03. The van der Waals surface area contributed by atoms with Crippen molar-refractivity contribution in [3.05, 3.63) is 29.8 Å². The van der Waals surface area contributed by atoms with E-state index in [2.05, 4.69) is 16.0 Å². The lowest BCUT2D eigenvalue weighted by molar-refractivity contribution is -0.120. The van der Waals surface area contributed by atoms with E-state index in [9.17, 15) is 18.0 Å². The van der Waals surface area contributed by atoms with Crippen LogP contribution in [0.2, 0.25) is 0 Å². The number of piperidine rings is 1. The number of amides is 2. The Balaban J connectivity index is 1.67. The van der Waals surface area contributed by atoms with Crippen molar-refractivity contribution in [2.24, 2.45) is 0 Å². The molecule has 1 aromatic rings. The number of nitrogens with one attached hydrogen (secondary N) is 3. The zero-order valence-electron chi connectivity index (χ0n) is 15.1. The van der Waals surface area contributed by atoms with Crippen LogP contribution in [-0.2, 0) is 26.2 Å². The van der Waals surface area contributed by atoms with Crippen LogP contribution in [0.25, 0.3) is 0 Å². The molecule has 2 amide bonds. The van der Waals surface area contributed by atoms with Crippen molar-refractivity contribution in [2.45, 2.75) is 32.4 Å². The summed E-state index contributed by atoms with van der Waals surface area (Å²) in [6, 6.07) is 7.42. The minimum Gasteiger partial charge on any atom is -0.351 e. The summed E-state index contributed by atoms with van der Waals surface area (Å²) in [5, 5.41) is 8.70. The van der Waals surface area contributed by atoms with Crippen molar-refractivity contribution in [3.63, 3.8) is 0 Å². The van der Waals surface area contributed by atoms with Gasteiger partial charge in [0.1, 0.15) is 0 Å². The third-order valence-corrected chi connectivity index (χ3v) is 5.54. The summed E-state index contributed by atoms with van der Waals surface area (Å²) in [6.07, 6.45) is 2.62. The van der Waals surface area contributed by atoms with Gasteiger partial charge in [0.15, 0.2) is 0 Å².